The predicted molar refractivity (Wildman–Crippen MR) is 64.1 cm³/mol. The molecule has 0 aliphatic carbocycles. The van der Waals surface area contributed by atoms with Crippen molar-refractivity contribution in [1.29, 1.82) is 5.26 Å². The van der Waals surface area contributed by atoms with Crippen molar-refractivity contribution in [3.63, 3.8) is 0 Å². The molecule has 0 heterocycles. The smallest absolute Gasteiger partial charge is 0.221 e. The van der Waals surface area contributed by atoms with Crippen LogP contribution < -0.4 is 10.6 Å². The number of rotatable bonds is 4. The van der Waals surface area contributed by atoms with E-state index < -0.39 is 0 Å². The Morgan fingerprint density at radius 3 is 2.38 bits per heavy atom. The van der Waals surface area contributed by atoms with Crippen LogP contribution in [0.1, 0.15) is 20.3 Å². The van der Waals surface area contributed by atoms with Crippen LogP contribution in [-0.4, -0.2) is 11.9 Å². The number of nitrogens with one attached hydrogen (secondary N) is 2. The highest BCUT2D eigenvalue weighted by atomic mass is 16.1. The lowest BCUT2D eigenvalue weighted by Gasteiger charge is -2.11. The first-order valence-electron chi connectivity index (χ1n) is 5.19. The molecule has 1 aromatic carbocycles. The minimum absolute atomic E-state index is 0.0934. The second-order valence-electron chi connectivity index (χ2n) is 3.49. The minimum Gasteiger partial charge on any atom is -0.370 e. The second-order valence-corrected chi connectivity index (χ2v) is 3.49. The lowest BCUT2D eigenvalue weighted by Crippen LogP contribution is -2.15. The first-order valence-corrected chi connectivity index (χ1v) is 5.19. The molecule has 1 amide bonds. The summed E-state index contributed by atoms with van der Waals surface area (Å²) in [6.45, 7) is 3.42. The third kappa shape index (κ3) is 3.62. The highest BCUT2D eigenvalue weighted by Crippen LogP contribution is 2.14. The van der Waals surface area contributed by atoms with Gasteiger partial charge in [0.25, 0.3) is 0 Å². The molecule has 16 heavy (non-hydrogen) atoms. The molecule has 0 aliphatic rings. The Bertz CT molecular complexity index is 392. The van der Waals surface area contributed by atoms with E-state index in [9.17, 15) is 4.79 Å². The van der Waals surface area contributed by atoms with Gasteiger partial charge in [0, 0.05) is 18.3 Å². The van der Waals surface area contributed by atoms with Gasteiger partial charge in [0.1, 0.15) is 6.04 Å². The zero-order valence-electron chi connectivity index (χ0n) is 9.45. The van der Waals surface area contributed by atoms with Gasteiger partial charge in [0.05, 0.1) is 6.07 Å². The van der Waals surface area contributed by atoms with Crippen molar-refractivity contribution in [3.05, 3.63) is 24.3 Å². The average Bonchev–Trinajstić information content (AvgIpc) is 2.27. The molecular weight excluding hydrogens is 202 g/mol. The molecule has 1 rings (SSSR count). The molecule has 0 fully saturated rings. The first-order chi connectivity index (χ1) is 7.65. The minimum atomic E-state index is -0.174. The van der Waals surface area contributed by atoms with Crippen LogP contribution in [0.25, 0.3) is 0 Å². The van der Waals surface area contributed by atoms with Crippen molar-refractivity contribution in [2.45, 2.75) is 26.3 Å². The van der Waals surface area contributed by atoms with Crippen LogP contribution in [0, 0.1) is 11.3 Å². The van der Waals surface area contributed by atoms with Gasteiger partial charge in [-0.15, -0.1) is 0 Å². The predicted octanol–water partition coefficient (Wildman–Crippen LogP) is 2.36. The monoisotopic (exact) mass is 217 g/mol. The maximum Gasteiger partial charge on any atom is 0.221 e. The van der Waals surface area contributed by atoms with Gasteiger partial charge < -0.3 is 10.6 Å². The summed E-state index contributed by atoms with van der Waals surface area (Å²) < 4.78 is 0. The quantitative estimate of drug-likeness (QED) is 0.813. The van der Waals surface area contributed by atoms with Crippen molar-refractivity contribution in [1.82, 2.24) is 0 Å². The van der Waals surface area contributed by atoms with E-state index in [4.69, 9.17) is 5.26 Å². The number of hydrogen-bond donors (Lipinski definition) is 2. The number of anilines is 2. The summed E-state index contributed by atoms with van der Waals surface area (Å²) in [5.74, 6) is -0.0934. The third-order valence-corrected chi connectivity index (χ3v) is 2.11. The Morgan fingerprint density at radius 2 is 1.94 bits per heavy atom. The summed E-state index contributed by atoms with van der Waals surface area (Å²) in [4.78, 5) is 10.8. The fourth-order valence-electron chi connectivity index (χ4n) is 1.28. The Balaban J connectivity index is 2.64. The largest absolute Gasteiger partial charge is 0.370 e. The average molecular weight is 217 g/mol. The van der Waals surface area contributed by atoms with Gasteiger partial charge in [-0.2, -0.15) is 5.26 Å². The molecule has 1 unspecified atom stereocenters. The van der Waals surface area contributed by atoms with Crippen molar-refractivity contribution in [2.75, 3.05) is 10.6 Å². The Kier molecular flexibility index (Phi) is 4.34. The standard InChI is InChI=1S/C12H15N3O/c1-3-10(8-13)15-12-6-4-11(5-7-12)14-9(2)16/h4-7,10,15H,3H2,1-2H3,(H,14,16). The molecule has 0 aliphatic heterocycles. The lowest BCUT2D eigenvalue weighted by atomic mass is 10.2. The second kappa shape index (κ2) is 5.76. The number of amides is 1. The van der Waals surface area contributed by atoms with E-state index in [-0.39, 0.29) is 11.9 Å². The van der Waals surface area contributed by atoms with Crippen molar-refractivity contribution in [2.24, 2.45) is 0 Å². The van der Waals surface area contributed by atoms with Crippen molar-refractivity contribution < 1.29 is 4.79 Å². The van der Waals surface area contributed by atoms with E-state index in [0.29, 0.717) is 0 Å². The van der Waals surface area contributed by atoms with Crippen molar-refractivity contribution >= 4 is 17.3 Å². The van der Waals surface area contributed by atoms with Crippen LogP contribution in [0.5, 0.6) is 0 Å². The fourth-order valence-corrected chi connectivity index (χ4v) is 1.28. The Labute approximate surface area is 95.3 Å². The van der Waals surface area contributed by atoms with Gasteiger partial charge in [-0.25, -0.2) is 0 Å². The highest BCUT2D eigenvalue weighted by Gasteiger charge is 2.03. The number of carbonyl (C=O) groups excluding carboxylic acids is 1. The number of nitrogens with zero attached hydrogens (tertiary/aromatic N) is 1. The molecule has 0 saturated heterocycles. The summed E-state index contributed by atoms with van der Waals surface area (Å²) in [5, 5.41) is 14.6. The van der Waals surface area contributed by atoms with Crippen LogP contribution in [-0.2, 0) is 4.79 Å². The summed E-state index contributed by atoms with van der Waals surface area (Å²) in [7, 11) is 0. The molecule has 0 radical (unpaired) electrons. The Morgan fingerprint density at radius 1 is 1.38 bits per heavy atom. The molecule has 2 N–H and O–H groups in total. The van der Waals surface area contributed by atoms with E-state index >= 15 is 0 Å². The molecule has 1 atom stereocenters. The van der Waals surface area contributed by atoms with E-state index in [0.717, 1.165) is 17.8 Å². The molecule has 0 aromatic heterocycles. The number of carbonyl (C=O) groups is 1. The summed E-state index contributed by atoms with van der Waals surface area (Å²) in [6, 6.07) is 9.27. The lowest BCUT2D eigenvalue weighted by molar-refractivity contribution is -0.114. The van der Waals surface area contributed by atoms with Gasteiger partial charge in [-0.1, -0.05) is 6.92 Å². The van der Waals surface area contributed by atoms with Crippen LogP contribution in [0.2, 0.25) is 0 Å². The van der Waals surface area contributed by atoms with Crippen molar-refractivity contribution in [3.8, 4) is 6.07 Å². The SMILES string of the molecule is CCC(C#N)Nc1ccc(NC(C)=O)cc1. The van der Waals surface area contributed by atoms with Gasteiger partial charge in [-0.05, 0) is 30.7 Å². The zero-order valence-corrected chi connectivity index (χ0v) is 9.45. The van der Waals surface area contributed by atoms with E-state index in [1.54, 1.807) is 12.1 Å². The maximum absolute atomic E-state index is 10.8. The first kappa shape index (κ1) is 12.1. The van der Waals surface area contributed by atoms with Gasteiger partial charge in [0.2, 0.25) is 5.91 Å². The molecular formula is C12H15N3O. The molecule has 4 nitrogen and oxygen atoms in total. The highest BCUT2D eigenvalue weighted by molar-refractivity contribution is 5.88. The summed E-state index contributed by atoms with van der Waals surface area (Å²) >= 11 is 0. The maximum atomic E-state index is 10.8. The van der Waals surface area contributed by atoms with Crippen LogP contribution >= 0.6 is 0 Å². The molecule has 84 valence electrons. The molecule has 0 bridgehead atoms. The Hall–Kier alpha value is -2.02. The molecule has 1 aromatic rings. The number of benzene rings is 1. The van der Waals surface area contributed by atoms with Gasteiger partial charge >= 0.3 is 0 Å². The van der Waals surface area contributed by atoms with E-state index in [1.807, 2.05) is 19.1 Å². The molecule has 0 spiro atoms. The van der Waals surface area contributed by atoms with E-state index in [2.05, 4.69) is 16.7 Å². The van der Waals surface area contributed by atoms with Gasteiger partial charge in [0.15, 0.2) is 0 Å². The normalized spacial score (nSPS) is 11.3. The molecule has 4 heteroatoms. The third-order valence-electron chi connectivity index (χ3n) is 2.11. The topological polar surface area (TPSA) is 64.9 Å². The van der Waals surface area contributed by atoms with Gasteiger partial charge in [-0.3, -0.25) is 4.79 Å². The van der Waals surface area contributed by atoms with E-state index in [1.165, 1.54) is 6.92 Å². The van der Waals surface area contributed by atoms with Crippen LogP contribution in [0.15, 0.2) is 24.3 Å². The zero-order chi connectivity index (χ0) is 12.0. The van der Waals surface area contributed by atoms with Crippen LogP contribution in [0.3, 0.4) is 0 Å². The van der Waals surface area contributed by atoms with Crippen LogP contribution in [0.4, 0.5) is 11.4 Å². The fraction of sp³-hybridized carbons (Fsp3) is 0.333. The number of hydrogen-bond acceptors (Lipinski definition) is 3. The molecule has 0 saturated carbocycles. The summed E-state index contributed by atoms with van der Waals surface area (Å²) in [6.07, 6.45) is 0.754. The summed E-state index contributed by atoms with van der Waals surface area (Å²) in [5.41, 5.74) is 1.63. The number of nitriles is 1.